The molecule has 0 amide bonds. The lowest BCUT2D eigenvalue weighted by molar-refractivity contribution is 0.266. The van der Waals surface area contributed by atoms with E-state index in [1.807, 2.05) is 60.0 Å². The molecule has 0 aliphatic rings. The molecule has 0 bridgehead atoms. The number of aromatic nitrogens is 1. The van der Waals surface area contributed by atoms with E-state index in [1.54, 1.807) is 0 Å². The number of unbranched alkanes of at least 4 members (excludes halogenated alkanes) is 1. The van der Waals surface area contributed by atoms with Gasteiger partial charge < -0.3 is 15.2 Å². The maximum atomic E-state index is 5.76. The van der Waals surface area contributed by atoms with E-state index in [-0.39, 0.29) is 0 Å². The van der Waals surface area contributed by atoms with Crippen LogP contribution in [-0.4, -0.2) is 18.2 Å². The second-order valence-corrected chi connectivity index (χ2v) is 6.20. The molecule has 2 aromatic carbocycles. The molecule has 0 spiro atoms. The summed E-state index contributed by atoms with van der Waals surface area (Å²) in [6, 6.07) is 17.8. The molecule has 0 radical (unpaired) electrons. The average molecular weight is 340 g/mol. The maximum Gasteiger partial charge on any atom is 0.180 e. The third kappa shape index (κ3) is 4.73. The van der Waals surface area contributed by atoms with Gasteiger partial charge in [-0.2, -0.15) is 0 Å². The number of nitrogens with zero attached hydrogens (tertiary/aromatic N) is 1. The Morgan fingerprint density at radius 3 is 2.04 bits per heavy atom. The van der Waals surface area contributed by atoms with Gasteiger partial charge in [-0.1, -0.05) is 18.2 Å². The van der Waals surface area contributed by atoms with Gasteiger partial charge in [0.1, 0.15) is 11.5 Å². The second kappa shape index (κ2) is 8.36. The third-order valence-corrected chi connectivity index (χ3v) is 4.17. The van der Waals surface area contributed by atoms with E-state index in [4.69, 9.17) is 15.2 Å². The van der Waals surface area contributed by atoms with Crippen molar-refractivity contribution in [1.29, 1.82) is 0 Å². The van der Waals surface area contributed by atoms with Crippen LogP contribution in [0, 0.1) is 0 Å². The highest BCUT2D eigenvalue weighted by Crippen LogP contribution is 2.25. The minimum Gasteiger partial charge on any atom is -0.494 e. The minimum absolute atomic E-state index is 0.586. The lowest BCUT2D eigenvalue weighted by Crippen LogP contribution is -2.02. The number of para-hydroxylation sites is 1. The Bertz CT molecular complexity index is 742. The van der Waals surface area contributed by atoms with Gasteiger partial charge in [-0.15, -0.1) is 11.3 Å². The molecular formula is C19H20N2O2S. The number of nitrogens with two attached hydrogens (primary N) is 1. The van der Waals surface area contributed by atoms with Gasteiger partial charge in [0.25, 0.3) is 0 Å². The first-order chi connectivity index (χ1) is 11.8. The summed E-state index contributed by atoms with van der Waals surface area (Å²) in [5.74, 6) is 1.78. The van der Waals surface area contributed by atoms with Gasteiger partial charge in [-0.05, 0) is 49.2 Å². The van der Waals surface area contributed by atoms with Crippen molar-refractivity contribution in [2.45, 2.75) is 12.8 Å². The lowest BCUT2D eigenvalue weighted by Gasteiger charge is -2.08. The van der Waals surface area contributed by atoms with Gasteiger partial charge in [0.15, 0.2) is 5.13 Å². The fourth-order valence-electron chi connectivity index (χ4n) is 2.24. The van der Waals surface area contributed by atoms with Crippen molar-refractivity contribution >= 4 is 16.5 Å². The fraction of sp³-hybridized carbons (Fsp3) is 0.211. The molecule has 0 saturated carbocycles. The Morgan fingerprint density at radius 1 is 0.833 bits per heavy atom. The maximum absolute atomic E-state index is 5.76. The van der Waals surface area contributed by atoms with Crippen LogP contribution in [0.2, 0.25) is 0 Å². The molecule has 1 heterocycles. The quantitative estimate of drug-likeness (QED) is 0.607. The van der Waals surface area contributed by atoms with E-state index in [0.717, 1.165) is 35.6 Å². The van der Waals surface area contributed by atoms with E-state index in [9.17, 15) is 0 Å². The van der Waals surface area contributed by atoms with Crippen molar-refractivity contribution in [2.24, 2.45) is 0 Å². The molecule has 124 valence electrons. The molecule has 5 heteroatoms. The SMILES string of the molecule is Nc1nc(-c2ccc(OCCCCOc3ccccc3)cc2)cs1. The first kappa shape index (κ1) is 16.3. The number of hydrogen-bond donors (Lipinski definition) is 1. The summed E-state index contributed by atoms with van der Waals surface area (Å²) in [5.41, 5.74) is 7.61. The standard InChI is InChI=1S/C19H20N2O2S/c20-19-21-18(14-24-19)15-8-10-17(11-9-15)23-13-5-4-12-22-16-6-2-1-3-7-16/h1-3,6-11,14H,4-5,12-13H2,(H2,20,21). The highest BCUT2D eigenvalue weighted by molar-refractivity contribution is 7.13. The Balaban J connectivity index is 1.36. The predicted molar refractivity (Wildman–Crippen MR) is 98.6 cm³/mol. The molecule has 3 rings (SSSR count). The van der Waals surface area contributed by atoms with Gasteiger partial charge in [-0.3, -0.25) is 0 Å². The summed E-state index contributed by atoms with van der Waals surface area (Å²) in [6.45, 7) is 1.39. The van der Waals surface area contributed by atoms with Gasteiger partial charge in [0.05, 0.1) is 18.9 Å². The predicted octanol–water partition coefficient (Wildman–Crippen LogP) is 4.63. The first-order valence-corrected chi connectivity index (χ1v) is 8.81. The van der Waals surface area contributed by atoms with E-state index in [2.05, 4.69) is 4.98 Å². The van der Waals surface area contributed by atoms with Crippen molar-refractivity contribution < 1.29 is 9.47 Å². The molecule has 24 heavy (non-hydrogen) atoms. The number of anilines is 1. The Hall–Kier alpha value is -2.53. The summed E-state index contributed by atoms with van der Waals surface area (Å²) >= 11 is 1.45. The summed E-state index contributed by atoms with van der Waals surface area (Å²) in [4.78, 5) is 4.27. The molecule has 0 atom stereocenters. The van der Waals surface area contributed by atoms with Crippen LogP contribution >= 0.6 is 11.3 Å². The van der Waals surface area contributed by atoms with Crippen LogP contribution in [0.3, 0.4) is 0 Å². The number of nitrogen functional groups attached to an aromatic ring is 1. The average Bonchev–Trinajstić information content (AvgIpc) is 3.06. The Labute approximate surface area is 145 Å². The van der Waals surface area contributed by atoms with Crippen LogP contribution in [-0.2, 0) is 0 Å². The zero-order chi connectivity index (χ0) is 16.6. The molecular weight excluding hydrogens is 320 g/mol. The van der Waals surface area contributed by atoms with Crippen molar-refractivity contribution in [3.05, 3.63) is 60.0 Å². The molecule has 3 aromatic rings. The zero-order valence-corrected chi connectivity index (χ0v) is 14.2. The van der Waals surface area contributed by atoms with Gasteiger partial charge in [0.2, 0.25) is 0 Å². The highest BCUT2D eigenvalue weighted by atomic mass is 32.1. The zero-order valence-electron chi connectivity index (χ0n) is 13.4. The molecule has 0 fully saturated rings. The van der Waals surface area contributed by atoms with E-state index < -0.39 is 0 Å². The van der Waals surface area contributed by atoms with Crippen LogP contribution < -0.4 is 15.2 Å². The molecule has 1 aromatic heterocycles. The number of benzene rings is 2. The molecule has 0 saturated heterocycles. The largest absolute Gasteiger partial charge is 0.494 e. The number of thiazole rings is 1. The normalized spacial score (nSPS) is 10.5. The summed E-state index contributed by atoms with van der Waals surface area (Å²) < 4.78 is 11.4. The van der Waals surface area contributed by atoms with Gasteiger partial charge in [0, 0.05) is 10.9 Å². The van der Waals surface area contributed by atoms with Gasteiger partial charge >= 0.3 is 0 Å². The molecule has 2 N–H and O–H groups in total. The van der Waals surface area contributed by atoms with Crippen LogP contribution in [0.1, 0.15) is 12.8 Å². The highest BCUT2D eigenvalue weighted by Gasteiger charge is 2.03. The van der Waals surface area contributed by atoms with Crippen LogP contribution in [0.4, 0.5) is 5.13 Å². The number of rotatable bonds is 8. The minimum atomic E-state index is 0.586. The van der Waals surface area contributed by atoms with Gasteiger partial charge in [-0.25, -0.2) is 4.98 Å². The van der Waals surface area contributed by atoms with Crippen molar-refractivity contribution in [2.75, 3.05) is 18.9 Å². The van der Waals surface area contributed by atoms with Crippen LogP contribution in [0.15, 0.2) is 60.0 Å². The molecule has 4 nitrogen and oxygen atoms in total. The van der Waals surface area contributed by atoms with Crippen LogP contribution in [0.5, 0.6) is 11.5 Å². The monoisotopic (exact) mass is 340 g/mol. The lowest BCUT2D eigenvalue weighted by atomic mass is 10.2. The number of hydrogen-bond acceptors (Lipinski definition) is 5. The van der Waals surface area contributed by atoms with E-state index in [0.29, 0.717) is 18.3 Å². The number of ether oxygens (including phenoxy) is 2. The van der Waals surface area contributed by atoms with Crippen LogP contribution in [0.25, 0.3) is 11.3 Å². The molecule has 0 aliphatic carbocycles. The van der Waals surface area contributed by atoms with Crippen molar-refractivity contribution in [3.63, 3.8) is 0 Å². The summed E-state index contributed by atoms with van der Waals surface area (Å²) in [5, 5.41) is 2.54. The summed E-state index contributed by atoms with van der Waals surface area (Å²) in [6.07, 6.45) is 1.92. The fourth-order valence-corrected chi connectivity index (χ4v) is 2.82. The molecule has 0 aliphatic heterocycles. The topological polar surface area (TPSA) is 57.4 Å². The molecule has 0 unspecified atom stereocenters. The first-order valence-electron chi connectivity index (χ1n) is 7.93. The third-order valence-electron chi connectivity index (χ3n) is 3.49. The second-order valence-electron chi connectivity index (χ2n) is 5.31. The smallest absolute Gasteiger partial charge is 0.180 e. The Kier molecular flexibility index (Phi) is 5.69. The van der Waals surface area contributed by atoms with Crippen molar-refractivity contribution in [3.8, 4) is 22.8 Å². The summed E-state index contributed by atoms with van der Waals surface area (Å²) in [7, 11) is 0. The van der Waals surface area contributed by atoms with Crippen molar-refractivity contribution in [1.82, 2.24) is 4.98 Å². The van der Waals surface area contributed by atoms with E-state index >= 15 is 0 Å². The Morgan fingerprint density at radius 2 is 1.46 bits per heavy atom. The van der Waals surface area contributed by atoms with E-state index in [1.165, 1.54) is 11.3 Å².